The van der Waals surface area contributed by atoms with Crippen molar-refractivity contribution in [1.29, 1.82) is 0 Å². The van der Waals surface area contributed by atoms with E-state index in [1.165, 1.54) is 12.1 Å². The van der Waals surface area contributed by atoms with Gasteiger partial charge >= 0.3 is 0 Å². The summed E-state index contributed by atoms with van der Waals surface area (Å²) in [6, 6.07) is 31.4. The zero-order chi connectivity index (χ0) is 27.0. The van der Waals surface area contributed by atoms with Crippen molar-refractivity contribution in [2.75, 3.05) is 22.7 Å². The van der Waals surface area contributed by atoms with Crippen LogP contribution in [0.25, 0.3) is 0 Å². The second kappa shape index (κ2) is 12.2. The SMILES string of the molecule is Cc1cccc(N(CC(=O)Nc2ccccc2C(=O)NCCc2ccccc2)S(=O)(=O)c2ccccc2)c1. The second-order valence-corrected chi connectivity index (χ2v) is 10.6. The van der Waals surface area contributed by atoms with E-state index in [1.807, 2.05) is 43.3 Å². The first-order chi connectivity index (χ1) is 18.3. The van der Waals surface area contributed by atoms with E-state index in [1.54, 1.807) is 60.7 Å². The van der Waals surface area contributed by atoms with Crippen LogP contribution < -0.4 is 14.9 Å². The molecule has 38 heavy (non-hydrogen) atoms. The van der Waals surface area contributed by atoms with E-state index in [0.717, 1.165) is 15.4 Å². The summed E-state index contributed by atoms with van der Waals surface area (Å²) in [7, 11) is -4.03. The van der Waals surface area contributed by atoms with Gasteiger partial charge in [0.25, 0.3) is 15.9 Å². The maximum Gasteiger partial charge on any atom is 0.264 e. The van der Waals surface area contributed by atoms with Crippen LogP contribution in [0.1, 0.15) is 21.5 Å². The quantitative estimate of drug-likeness (QED) is 0.310. The summed E-state index contributed by atoms with van der Waals surface area (Å²) >= 11 is 0. The van der Waals surface area contributed by atoms with Crippen LogP contribution in [0.15, 0.2) is 114 Å². The number of sulfonamides is 1. The number of para-hydroxylation sites is 1. The first-order valence-corrected chi connectivity index (χ1v) is 13.6. The topological polar surface area (TPSA) is 95.6 Å². The van der Waals surface area contributed by atoms with Crippen molar-refractivity contribution in [3.63, 3.8) is 0 Å². The molecule has 4 aromatic carbocycles. The molecule has 0 bridgehead atoms. The molecule has 8 heteroatoms. The van der Waals surface area contributed by atoms with Crippen LogP contribution >= 0.6 is 0 Å². The van der Waals surface area contributed by atoms with Crippen LogP contribution in [0.2, 0.25) is 0 Å². The van der Waals surface area contributed by atoms with Gasteiger partial charge in [0.1, 0.15) is 6.54 Å². The van der Waals surface area contributed by atoms with Crippen LogP contribution in [-0.4, -0.2) is 33.3 Å². The molecule has 0 aliphatic heterocycles. The van der Waals surface area contributed by atoms with Gasteiger partial charge in [0.05, 0.1) is 21.8 Å². The highest BCUT2D eigenvalue weighted by Crippen LogP contribution is 2.25. The second-order valence-electron chi connectivity index (χ2n) is 8.75. The Bertz CT molecular complexity index is 1510. The molecule has 4 rings (SSSR count). The Morgan fingerprint density at radius 3 is 2.16 bits per heavy atom. The van der Waals surface area contributed by atoms with E-state index in [4.69, 9.17) is 0 Å². The Kier molecular flexibility index (Phi) is 8.55. The van der Waals surface area contributed by atoms with Gasteiger partial charge in [0, 0.05) is 6.54 Å². The molecule has 0 saturated carbocycles. The molecule has 0 unspecified atom stereocenters. The summed E-state index contributed by atoms with van der Waals surface area (Å²) in [6.45, 7) is 1.82. The van der Waals surface area contributed by atoms with Gasteiger partial charge in [-0.1, -0.05) is 72.8 Å². The van der Waals surface area contributed by atoms with Crippen molar-refractivity contribution in [2.45, 2.75) is 18.2 Å². The van der Waals surface area contributed by atoms with Gasteiger partial charge in [-0.05, 0) is 60.9 Å². The highest BCUT2D eigenvalue weighted by Gasteiger charge is 2.27. The third-order valence-electron chi connectivity index (χ3n) is 5.90. The smallest absolute Gasteiger partial charge is 0.264 e. The molecule has 0 spiro atoms. The normalized spacial score (nSPS) is 11.0. The van der Waals surface area contributed by atoms with E-state index in [2.05, 4.69) is 10.6 Å². The predicted molar refractivity (Wildman–Crippen MR) is 150 cm³/mol. The van der Waals surface area contributed by atoms with Crippen molar-refractivity contribution in [2.24, 2.45) is 0 Å². The molecule has 0 aromatic heterocycles. The molecule has 0 heterocycles. The Morgan fingerprint density at radius 1 is 0.789 bits per heavy atom. The minimum absolute atomic E-state index is 0.0764. The van der Waals surface area contributed by atoms with Gasteiger partial charge in [0.15, 0.2) is 0 Å². The fourth-order valence-corrected chi connectivity index (χ4v) is 5.42. The number of rotatable bonds is 10. The molecule has 0 aliphatic rings. The minimum atomic E-state index is -4.03. The lowest BCUT2D eigenvalue weighted by Crippen LogP contribution is -2.38. The summed E-state index contributed by atoms with van der Waals surface area (Å²) in [6.07, 6.45) is 0.671. The molecule has 7 nitrogen and oxygen atoms in total. The summed E-state index contributed by atoms with van der Waals surface area (Å²) in [4.78, 5) is 26.2. The van der Waals surface area contributed by atoms with Crippen molar-refractivity contribution in [1.82, 2.24) is 5.32 Å². The number of benzene rings is 4. The highest BCUT2D eigenvalue weighted by atomic mass is 32.2. The van der Waals surface area contributed by atoms with Crippen LogP contribution in [0.5, 0.6) is 0 Å². The van der Waals surface area contributed by atoms with E-state index >= 15 is 0 Å². The Morgan fingerprint density at radius 2 is 1.45 bits per heavy atom. The van der Waals surface area contributed by atoms with Crippen molar-refractivity contribution in [3.05, 3.63) is 126 Å². The predicted octanol–water partition coefficient (Wildman–Crippen LogP) is 4.80. The lowest BCUT2D eigenvalue weighted by Gasteiger charge is -2.24. The molecule has 0 aliphatic carbocycles. The van der Waals surface area contributed by atoms with Crippen molar-refractivity contribution in [3.8, 4) is 0 Å². The fourth-order valence-electron chi connectivity index (χ4n) is 3.99. The third-order valence-corrected chi connectivity index (χ3v) is 7.68. The summed E-state index contributed by atoms with van der Waals surface area (Å²) < 4.78 is 28.1. The average molecular weight is 528 g/mol. The first kappa shape index (κ1) is 26.6. The maximum atomic E-state index is 13.5. The van der Waals surface area contributed by atoms with Crippen LogP contribution in [0.4, 0.5) is 11.4 Å². The molecule has 0 saturated heterocycles. The average Bonchev–Trinajstić information content (AvgIpc) is 2.93. The van der Waals surface area contributed by atoms with Crippen molar-refractivity contribution < 1.29 is 18.0 Å². The first-order valence-electron chi connectivity index (χ1n) is 12.2. The summed E-state index contributed by atoms with van der Waals surface area (Å²) in [5.41, 5.74) is 2.92. The molecule has 0 radical (unpaired) electrons. The van der Waals surface area contributed by atoms with Gasteiger partial charge in [-0.15, -0.1) is 0 Å². The lowest BCUT2D eigenvalue weighted by molar-refractivity contribution is -0.114. The monoisotopic (exact) mass is 527 g/mol. The molecule has 2 amide bonds. The number of hydrogen-bond donors (Lipinski definition) is 2. The largest absolute Gasteiger partial charge is 0.352 e. The van der Waals surface area contributed by atoms with Crippen LogP contribution in [0, 0.1) is 6.92 Å². The van der Waals surface area contributed by atoms with Gasteiger partial charge in [0.2, 0.25) is 5.91 Å². The van der Waals surface area contributed by atoms with Crippen LogP contribution in [-0.2, 0) is 21.2 Å². The fraction of sp³-hybridized carbons (Fsp3) is 0.133. The number of nitrogens with one attached hydrogen (secondary N) is 2. The number of carbonyl (C=O) groups is 2. The van der Waals surface area contributed by atoms with Gasteiger partial charge in [-0.2, -0.15) is 0 Å². The van der Waals surface area contributed by atoms with Crippen LogP contribution in [0.3, 0.4) is 0 Å². The molecule has 2 N–H and O–H groups in total. The molecule has 0 atom stereocenters. The standard InChI is InChI=1S/C30H29N3O4S/c1-23-11-10-14-25(21-23)33(38(36,37)26-15-6-3-7-16-26)22-29(34)32-28-18-9-8-17-27(28)30(35)31-20-19-24-12-4-2-5-13-24/h2-18,21H,19-20,22H2,1H3,(H,31,35)(H,32,34). The zero-order valence-electron chi connectivity index (χ0n) is 21.0. The highest BCUT2D eigenvalue weighted by molar-refractivity contribution is 7.92. The lowest BCUT2D eigenvalue weighted by atomic mass is 10.1. The number of carbonyl (C=O) groups excluding carboxylic acids is 2. The Labute approximate surface area is 223 Å². The van der Waals surface area contributed by atoms with E-state index < -0.39 is 22.5 Å². The third kappa shape index (κ3) is 6.66. The molecule has 4 aromatic rings. The molecular weight excluding hydrogens is 498 g/mol. The Balaban J connectivity index is 1.51. The molecule has 194 valence electrons. The molecular formula is C30H29N3O4S. The number of anilines is 2. The summed E-state index contributed by atoms with van der Waals surface area (Å²) in [5.74, 6) is -0.903. The van der Waals surface area contributed by atoms with E-state index in [-0.39, 0.29) is 10.8 Å². The number of aryl methyl sites for hydroxylation is 1. The van der Waals surface area contributed by atoms with Crippen molar-refractivity contribution >= 4 is 33.2 Å². The number of hydrogen-bond acceptors (Lipinski definition) is 4. The van der Waals surface area contributed by atoms with E-state index in [0.29, 0.717) is 29.9 Å². The maximum absolute atomic E-state index is 13.5. The van der Waals surface area contributed by atoms with Gasteiger partial charge in [-0.3, -0.25) is 13.9 Å². The number of nitrogens with zero attached hydrogens (tertiary/aromatic N) is 1. The van der Waals surface area contributed by atoms with E-state index in [9.17, 15) is 18.0 Å². The minimum Gasteiger partial charge on any atom is -0.352 e. The van der Waals surface area contributed by atoms with Gasteiger partial charge < -0.3 is 10.6 Å². The van der Waals surface area contributed by atoms with Gasteiger partial charge in [-0.25, -0.2) is 8.42 Å². The number of amides is 2. The summed E-state index contributed by atoms with van der Waals surface area (Å²) in [5, 5.41) is 5.62. The molecule has 0 fully saturated rings. The zero-order valence-corrected chi connectivity index (χ0v) is 21.8. The Hall–Kier alpha value is -4.43.